The molecule has 35 heavy (non-hydrogen) atoms. The van der Waals surface area contributed by atoms with E-state index in [-0.39, 0.29) is 0 Å². The lowest BCUT2D eigenvalue weighted by Gasteiger charge is -2.28. The van der Waals surface area contributed by atoms with E-state index >= 15 is 0 Å². The van der Waals surface area contributed by atoms with Gasteiger partial charge in [0.1, 0.15) is 12.4 Å². The fourth-order valence-electron chi connectivity index (χ4n) is 4.69. The Morgan fingerprint density at radius 2 is 1.83 bits per heavy atom. The zero-order valence-electron chi connectivity index (χ0n) is 19.2. The Labute approximate surface area is 209 Å². The van der Waals surface area contributed by atoms with Crippen molar-refractivity contribution in [3.8, 4) is 17.1 Å². The minimum Gasteiger partial charge on any atom is -0.488 e. The van der Waals surface area contributed by atoms with E-state index in [1.54, 1.807) is 0 Å². The third-order valence-electron chi connectivity index (χ3n) is 6.50. The van der Waals surface area contributed by atoms with Gasteiger partial charge in [-0.25, -0.2) is 9.97 Å². The second-order valence-corrected chi connectivity index (χ2v) is 9.34. The molecule has 1 aliphatic rings. The van der Waals surface area contributed by atoms with Crippen LogP contribution < -0.4 is 4.74 Å². The van der Waals surface area contributed by atoms with Crippen LogP contribution in [0.25, 0.3) is 22.3 Å². The van der Waals surface area contributed by atoms with Crippen molar-refractivity contribution in [2.75, 3.05) is 6.54 Å². The van der Waals surface area contributed by atoms with Crippen LogP contribution in [0.5, 0.6) is 5.75 Å². The number of ether oxygens (including phenoxy) is 1. The number of aromatic nitrogens is 3. The molecule has 6 heteroatoms. The van der Waals surface area contributed by atoms with E-state index in [0.717, 1.165) is 65.4 Å². The highest BCUT2D eigenvalue weighted by molar-refractivity contribution is 6.30. The summed E-state index contributed by atoms with van der Waals surface area (Å²) in [5, 5.41) is 1.87. The fourth-order valence-corrected chi connectivity index (χ4v) is 4.81. The lowest BCUT2D eigenvalue weighted by atomic mass is 10.1. The average Bonchev–Trinajstić information content (AvgIpc) is 3.31. The highest BCUT2D eigenvalue weighted by atomic mass is 35.5. The van der Waals surface area contributed by atoms with Crippen LogP contribution in [0, 0.1) is 0 Å². The van der Waals surface area contributed by atoms with Gasteiger partial charge in [-0.05, 0) is 47.5 Å². The first-order valence-corrected chi connectivity index (χ1v) is 12.2. The molecule has 0 saturated heterocycles. The molecule has 6 rings (SSSR count). The van der Waals surface area contributed by atoms with Crippen molar-refractivity contribution in [3.05, 3.63) is 113 Å². The van der Waals surface area contributed by atoms with E-state index in [1.165, 1.54) is 11.1 Å². The van der Waals surface area contributed by atoms with Gasteiger partial charge < -0.3 is 9.72 Å². The molecule has 5 nitrogen and oxygen atoms in total. The van der Waals surface area contributed by atoms with Crippen LogP contribution in [0.15, 0.2) is 85.2 Å². The van der Waals surface area contributed by atoms with Crippen LogP contribution in [0.2, 0.25) is 5.02 Å². The quantitative estimate of drug-likeness (QED) is 0.305. The predicted octanol–water partition coefficient (Wildman–Crippen LogP) is 6.42. The number of fused-ring (bicyclic) bond motifs is 2. The molecule has 0 unspecified atom stereocenters. The normalized spacial score (nSPS) is 13.6. The molecule has 0 atom stereocenters. The summed E-state index contributed by atoms with van der Waals surface area (Å²) in [6, 6.07) is 24.2. The molecule has 3 aromatic carbocycles. The highest BCUT2D eigenvalue weighted by Gasteiger charge is 2.21. The molecule has 2 aromatic heterocycles. The fraction of sp³-hybridized carbons (Fsp3) is 0.172. The molecule has 0 spiro atoms. The van der Waals surface area contributed by atoms with Crippen molar-refractivity contribution in [2.24, 2.45) is 0 Å². The van der Waals surface area contributed by atoms with Gasteiger partial charge in [0.2, 0.25) is 0 Å². The smallest absolute Gasteiger partial charge is 0.159 e. The second kappa shape index (κ2) is 9.53. The Balaban J connectivity index is 1.20. The number of H-pyrrole nitrogens is 1. The van der Waals surface area contributed by atoms with Crippen molar-refractivity contribution in [3.63, 3.8) is 0 Å². The highest BCUT2D eigenvalue weighted by Crippen LogP contribution is 2.31. The monoisotopic (exact) mass is 480 g/mol. The predicted molar refractivity (Wildman–Crippen MR) is 139 cm³/mol. The van der Waals surface area contributed by atoms with E-state index in [0.29, 0.717) is 11.6 Å². The number of aromatic amines is 1. The minimum atomic E-state index is 0.551. The largest absolute Gasteiger partial charge is 0.488 e. The van der Waals surface area contributed by atoms with Gasteiger partial charge in [0.15, 0.2) is 5.82 Å². The van der Waals surface area contributed by atoms with Gasteiger partial charge in [-0.1, -0.05) is 48.0 Å². The molecule has 1 N–H and O–H groups in total. The first-order chi connectivity index (χ1) is 17.2. The maximum Gasteiger partial charge on any atom is 0.159 e. The molecule has 0 aliphatic carbocycles. The van der Waals surface area contributed by atoms with E-state index < -0.39 is 0 Å². The lowest BCUT2D eigenvalue weighted by Crippen LogP contribution is -2.30. The molecule has 5 aromatic rings. The lowest BCUT2D eigenvalue weighted by molar-refractivity contribution is 0.243. The van der Waals surface area contributed by atoms with Crippen LogP contribution in [0.1, 0.15) is 22.4 Å². The number of benzene rings is 3. The molecule has 174 valence electrons. The minimum absolute atomic E-state index is 0.551. The number of nitrogens with one attached hydrogen (secondary N) is 1. The van der Waals surface area contributed by atoms with Gasteiger partial charge in [0.05, 0.1) is 5.69 Å². The number of nitrogens with zero attached hydrogens (tertiary/aromatic N) is 3. The van der Waals surface area contributed by atoms with E-state index in [9.17, 15) is 0 Å². The molecule has 1 aliphatic heterocycles. The average molecular weight is 481 g/mol. The maximum absolute atomic E-state index is 6.25. The maximum atomic E-state index is 6.25. The number of hydrogen-bond acceptors (Lipinski definition) is 4. The van der Waals surface area contributed by atoms with Gasteiger partial charge in [-0.2, -0.15) is 0 Å². The van der Waals surface area contributed by atoms with E-state index in [1.807, 2.05) is 54.7 Å². The molecule has 0 fully saturated rings. The Bertz CT molecular complexity index is 1460. The molecule has 3 heterocycles. The Morgan fingerprint density at radius 1 is 0.971 bits per heavy atom. The SMILES string of the molecule is Clc1ccc(-c2ncc3c(n2)CCN(Cc2c[nH]c4cccc(OCc5ccccc5)c24)C3)cc1. The van der Waals surface area contributed by atoms with Gasteiger partial charge in [0.25, 0.3) is 0 Å². The van der Waals surface area contributed by atoms with Gasteiger partial charge in [-0.3, -0.25) is 4.90 Å². The summed E-state index contributed by atoms with van der Waals surface area (Å²) < 4.78 is 6.25. The zero-order chi connectivity index (χ0) is 23.6. The Hall–Kier alpha value is -3.67. The van der Waals surface area contributed by atoms with Crippen molar-refractivity contribution in [2.45, 2.75) is 26.1 Å². The van der Waals surface area contributed by atoms with Crippen LogP contribution in [-0.4, -0.2) is 26.4 Å². The molecule has 0 amide bonds. The standard InChI is InChI=1S/C29H25ClN4O/c30-24-11-9-21(10-12-24)29-32-15-22-17-34(14-13-25(22)33-29)18-23-16-31-26-7-4-8-27(28(23)26)35-19-20-5-2-1-3-6-20/h1-12,15-16,31H,13-14,17-19H2. The van der Waals surface area contributed by atoms with Gasteiger partial charge in [-0.15, -0.1) is 0 Å². The van der Waals surface area contributed by atoms with Crippen LogP contribution in [0.3, 0.4) is 0 Å². The summed E-state index contributed by atoms with van der Waals surface area (Å²) >= 11 is 6.02. The molecule has 0 bridgehead atoms. The Kier molecular flexibility index (Phi) is 5.94. The molecule has 0 radical (unpaired) electrons. The van der Waals surface area contributed by atoms with Crippen molar-refractivity contribution < 1.29 is 4.74 Å². The zero-order valence-corrected chi connectivity index (χ0v) is 20.0. The first kappa shape index (κ1) is 21.8. The topological polar surface area (TPSA) is 54.0 Å². The Morgan fingerprint density at radius 3 is 2.69 bits per heavy atom. The summed E-state index contributed by atoms with van der Waals surface area (Å²) in [4.78, 5) is 15.4. The van der Waals surface area contributed by atoms with Crippen LogP contribution >= 0.6 is 11.6 Å². The second-order valence-electron chi connectivity index (χ2n) is 8.90. The summed E-state index contributed by atoms with van der Waals surface area (Å²) in [6.07, 6.45) is 4.98. The van der Waals surface area contributed by atoms with Crippen molar-refractivity contribution >= 4 is 22.5 Å². The molecular formula is C29H25ClN4O. The molecule has 0 saturated carbocycles. The third kappa shape index (κ3) is 4.65. The summed E-state index contributed by atoms with van der Waals surface area (Å²) in [6.45, 7) is 3.17. The van der Waals surface area contributed by atoms with Crippen molar-refractivity contribution in [1.82, 2.24) is 19.9 Å². The summed E-state index contributed by atoms with van der Waals surface area (Å²) in [5.74, 6) is 1.67. The number of hydrogen-bond donors (Lipinski definition) is 1. The van der Waals surface area contributed by atoms with Crippen LogP contribution in [0.4, 0.5) is 0 Å². The molecular weight excluding hydrogens is 456 g/mol. The summed E-state index contributed by atoms with van der Waals surface area (Å²) in [7, 11) is 0. The van der Waals surface area contributed by atoms with Crippen molar-refractivity contribution in [1.29, 1.82) is 0 Å². The van der Waals surface area contributed by atoms with E-state index in [2.05, 4.69) is 45.3 Å². The van der Waals surface area contributed by atoms with Gasteiger partial charge in [0, 0.05) is 65.5 Å². The van der Waals surface area contributed by atoms with E-state index in [4.69, 9.17) is 21.3 Å². The number of halogens is 1. The summed E-state index contributed by atoms with van der Waals surface area (Å²) in [5.41, 5.74) is 6.81. The number of rotatable bonds is 6. The third-order valence-corrected chi connectivity index (χ3v) is 6.75. The first-order valence-electron chi connectivity index (χ1n) is 11.8. The van der Waals surface area contributed by atoms with Crippen LogP contribution in [-0.2, 0) is 26.1 Å². The van der Waals surface area contributed by atoms with Gasteiger partial charge >= 0.3 is 0 Å².